The number of anilines is 2. The van der Waals surface area contributed by atoms with Crippen molar-refractivity contribution in [2.24, 2.45) is 5.92 Å². The lowest BCUT2D eigenvalue weighted by Gasteiger charge is -2.32. The van der Waals surface area contributed by atoms with Crippen molar-refractivity contribution in [3.63, 3.8) is 0 Å². The molecule has 0 atom stereocenters. The second-order valence-electron chi connectivity index (χ2n) is 8.02. The summed E-state index contributed by atoms with van der Waals surface area (Å²) in [5.41, 5.74) is 0.691. The van der Waals surface area contributed by atoms with Crippen LogP contribution in [0.5, 0.6) is 0 Å². The van der Waals surface area contributed by atoms with Gasteiger partial charge in [0.05, 0.1) is 5.69 Å². The Morgan fingerprint density at radius 2 is 1.71 bits per heavy atom. The SMILES string of the molecule is O=C(Nc1cccnc1N1CCCCC1)C1CCN(S(=O)(=O)c2ccccc2F)CC1. The topological polar surface area (TPSA) is 82.6 Å². The molecular weight excluding hydrogens is 419 g/mol. The maximum absolute atomic E-state index is 14.0. The maximum atomic E-state index is 14.0. The van der Waals surface area contributed by atoms with Crippen molar-refractivity contribution in [2.45, 2.75) is 37.0 Å². The zero-order valence-electron chi connectivity index (χ0n) is 17.3. The first kappa shape index (κ1) is 21.7. The Hall–Kier alpha value is -2.52. The lowest BCUT2D eigenvalue weighted by atomic mass is 9.97. The molecule has 0 unspecified atom stereocenters. The normalized spacial score (nSPS) is 18.7. The molecule has 166 valence electrons. The van der Waals surface area contributed by atoms with Crippen molar-refractivity contribution >= 4 is 27.4 Å². The average molecular weight is 447 g/mol. The number of carbonyl (C=O) groups excluding carboxylic acids is 1. The summed E-state index contributed by atoms with van der Waals surface area (Å²) < 4.78 is 40.8. The highest BCUT2D eigenvalue weighted by atomic mass is 32.2. The Bertz CT molecular complexity index is 1030. The molecule has 1 N–H and O–H groups in total. The second-order valence-corrected chi connectivity index (χ2v) is 9.93. The molecule has 4 rings (SSSR count). The largest absolute Gasteiger partial charge is 0.355 e. The van der Waals surface area contributed by atoms with E-state index in [4.69, 9.17) is 0 Å². The van der Waals surface area contributed by atoms with E-state index in [-0.39, 0.29) is 29.8 Å². The summed E-state index contributed by atoms with van der Waals surface area (Å²) in [7, 11) is -3.91. The lowest BCUT2D eigenvalue weighted by Crippen LogP contribution is -2.41. The zero-order chi connectivity index (χ0) is 21.8. The van der Waals surface area contributed by atoms with Crippen molar-refractivity contribution < 1.29 is 17.6 Å². The number of benzene rings is 1. The van der Waals surface area contributed by atoms with Gasteiger partial charge >= 0.3 is 0 Å². The van der Waals surface area contributed by atoms with Gasteiger partial charge in [-0.3, -0.25) is 4.79 Å². The van der Waals surface area contributed by atoms with Gasteiger partial charge < -0.3 is 10.2 Å². The minimum atomic E-state index is -3.91. The Morgan fingerprint density at radius 1 is 1.00 bits per heavy atom. The highest BCUT2D eigenvalue weighted by Crippen LogP contribution is 2.29. The summed E-state index contributed by atoms with van der Waals surface area (Å²) in [6.07, 6.45) is 5.93. The van der Waals surface area contributed by atoms with Gasteiger partial charge in [-0.1, -0.05) is 12.1 Å². The molecule has 0 bridgehead atoms. The third kappa shape index (κ3) is 4.72. The van der Waals surface area contributed by atoms with Crippen LogP contribution in [0, 0.1) is 11.7 Å². The first-order valence-corrected chi connectivity index (χ1v) is 12.2. The molecule has 2 saturated heterocycles. The number of carbonyl (C=O) groups is 1. The monoisotopic (exact) mass is 446 g/mol. The predicted octanol–water partition coefficient (Wildman–Crippen LogP) is 3.25. The van der Waals surface area contributed by atoms with Crippen molar-refractivity contribution in [3.05, 3.63) is 48.4 Å². The first-order valence-electron chi connectivity index (χ1n) is 10.7. The van der Waals surface area contributed by atoms with E-state index in [2.05, 4.69) is 15.2 Å². The van der Waals surface area contributed by atoms with Crippen LogP contribution < -0.4 is 10.2 Å². The van der Waals surface area contributed by atoms with Crippen LogP contribution >= 0.6 is 0 Å². The van der Waals surface area contributed by atoms with E-state index in [9.17, 15) is 17.6 Å². The standard InChI is InChI=1S/C22H27FN4O3S/c23-18-7-2-3-9-20(18)31(29,30)27-15-10-17(11-16-27)22(28)25-19-8-6-12-24-21(19)26-13-4-1-5-14-26/h2-3,6-9,12,17H,1,4-5,10-11,13-16H2,(H,25,28). The fourth-order valence-electron chi connectivity index (χ4n) is 4.24. The molecular formula is C22H27FN4O3S. The van der Waals surface area contributed by atoms with Crippen molar-refractivity contribution in [3.8, 4) is 0 Å². The number of halogens is 1. The Balaban J connectivity index is 1.40. The quantitative estimate of drug-likeness (QED) is 0.762. The average Bonchev–Trinajstić information content (AvgIpc) is 2.80. The van der Waals surface area contributed by atoms with E-state index >= 15 is 0 Å². The minimum Gasteiger partial charge on any atom is -0.355 e. The van der Waals surface area contributed by atoms with Crippen molar-refractivity contribution in [1.29, 1.82) is 0 Å². The van der Waals surface area contributed by atoms with E-state index < -0.39 is 15.8 Å². The number of aromatic nitrogens is 1. The molecule has 3 heterocycles. The molecule has 7 nitrogen and oxygen atoms in total. The van der Waals surface area contributed by atoms with E-state index in [1.807, 2.05) is 6.07 Å². The van der Waals surface area contributed by atoms with Crippen LogP contribution in [0.2, 0.25) is 0 Å². The van der Waals surface area contributed by atoms with Crippen LogP contribution in [-0.4, -0.2) is 49.8 Å². The van der Waals surface area contributed by atoms with Crippen molar-refractivity contribution in [1.82, 2.24) is 9.29 Å². The number of hydrogen-bond acceptors (Lipinski definition) is 5. The molecule has 2 aliphatic heterocycles. The fourth-order valence-corrected chi connectivity index (χ4v) is 5.77. The number of pyridine rings is 1. The van der Waals surface area contributed by atoms with Crippen LogP contribution in [0.3, 0.4) is 0 Å². The van der Waals surface area contributed by atoms with Gasteiger partial charge in [-0.2, -0.15) is 4.31 Å². The highest BCUT2D eigenvalue weighted by molar-refractivity contribution is 7.89. The number of rotatable bonds is 5. The lowest BCUT2D eigenvalue weighted by molar-refractivity contribution is -0.120. The molecule has 31 heavy (non-hydrogen) atoms. The van der Waals surface area contributed by atoms with E-state index in [0.717, 1.165) is 37.8 Å². The molecule has 0 saturated carbocycles. The molecule has 0 spiro atoms. The number of hydrogen-bond donors (Lipinski definition) is 1. The van der Waals surface area contributed by atoms with Crippen LogP contribution in [-0.2, 0) is 14.8 Å². The molecule has 1 aromatic heterocycles. The van der Waals surface area contributed by atoms with E-state index in [0.29, 0.717) is 18.5 Å². The zero-order valence-corrected chi connectivity index (χ0v) is 18.2. The van der Waals surface area contributed by atoms with Gasteiger partial charge in [0.15, 0.2) is 5.82 Å². The number of nitrogens with zero attached hydrogens (tertiary/aromatic N) is 3. The van der Waals surface area contributed by atoms with Gasteiger partial charge in [-0.05, 0) is 56.4 Å². The molecule has 9 heteroatoms. The van der Waals surface area contributed by atoms with E-state index in [1.165, 1.54) is 28.9 Å². The molecule has 1 aromatic carbocycles. The van der Waals surface area contributed by atoms with Crippen LogP contribution in [0.15, 0.2) is 47.5 Å². The Morgan fingerprint density at radius 3 is 2.42 bits per heavy atom. The molecule has 2 aliphatic rings. The van der Waals surface area contributed by atoms with Gasteiger partial charge in [0.1, 0.15) is 10.7 Å². The predicted molar refractivity (Wildman–Crippen MR) is 117 cm³/mol. The number of piperidine rings is 2. The summed E-state index contributed by atoms with van der Waals surface area (Å²) >= 11 is 0. The molecule has 0 radical (unpaired) electrons. The summed E-state index contributed by atoms with van der Waals surface area (Å²) in [4.78, 5) is 19.2. The Labute approximate surface area is 182 Å². The summed E-state index contributed by atoms with van der Waals surface area (Å²) in [5.74, 6) is -0.407. The molecule has 0 aliphatic carbocycles. The van der Waals surface area contributed by atoms with Crippen LogP contribution in [0.25, 0.3) is 0 Å². The van der Waals surface area contributed by atoms with Crippen LogP contribution in [0.4, 0.5) is 15.9 Å². The van der Waals surface area contributed by atoms with Crippen LogP contribution in [0.1, 0.15) is 32.1 Å². The van der Waals surface area contributed by atoms with Gasteiger partial charge in [0.2, 0.25) is 15.9 Å². The third-order valence-electron chi connectivity index (χ3n) is 5.98. The Kier molecular flexibility index (Phi) is 6.52. The maximum Gasteiger partial charge on any atom is 0.245 e. The van der Waals surface area contributed by atoms with E-state index in [1.54, 1.807) is 12.3 Å². The summed E-state index contributed by atoms with van der Waals surface area (Å²) in [6, 6.07) is 9.03. The van der Waals surface area contributed by atoms with Gasteiger partial charge in [-0.25, -0.2) is 17.8 Å². The highest BCUT2D eigenvalue weighted by Gasteiger charge is 2.33. The number of amides is 1. The number of sulfonamides is 1. The minimum absolute atomic E-state index is 0.130. The number of nitrogens with one attached hydrogen (secondary N) is 1. The second kappa shape index (κ2) is 9.32. The van der Waals surface area contributed by atoms with Gasteiger partial charge in [-0.15, -0.1) is 0 Å². The first-order chi connectivity index (χ1) is 15.0. The van der Waals surface area contributed by atoms with Crippen molar-refractivity contribution in [2.75, 3.05) is 36.4 Å². The smallest absolute Gasteiger partial charge is 0.245 e. The molecule has 1 amide bonds. The fraction of sp³-hybridized carbons (Fsp3) is 0.455. The molecule has 2 aromatic rings. The van der Waals surface area contributed by atoms with Gasteiger partial charge in [0, 0.05) is 38.3 Å². The summed E-state index contributed by atoms with van der Waals surface area (Å²) in [6.45, 7) is 2.21. The molecule has 2 fully saturated rings. The van der Waals surface area contributed by atoms with Gasteiger partial charge in [0.25, 0.3) is 0 Å². The summed E-state index contributed by atoms with van der Waals surface area (Å²) in [5, 5.41) is 3.00. The third-order valence-corrected chi connectivity index (χ3v) is 7.91.